The summed E-state index contributed by atoms with van der Waals surface area (Å²) in [7, 11) is 3.96. The van der Waals surface area contributed by atoms with Gasteiger partial charge in [0.25, 0.3) is 0 Å². The van der Waals surface area contributed by atoms with Crippen LogP contribution in [0.25, 0.3) is 0 Å². The van der Waals surface area contributed by atoms with Crippen molar-refractivity contribution in [3.8, 4) is 0 Å². The molecule has 0 heterocycles. The molecule has 0 amide bonds. The highest BCUT2D eigenvalue weighted by molar-refractivity contribution is 5.80. The van der Waals surface area contributed by atoms with Crippen LogP contribution in [0.4, 0.5) is 0 Å². The Morgan fingerprint density at radius 2 is 1.89 bits per heavy atom. The number of nitrogens with zero attached hydrogens (tertiary/aromatic N) is 1. The second-order valence-corrected chi connectivity index (χ2v) is 5.86. The van der Waals surface area contributed by atoms with Crippen LogP contribution < -0.4 is 5.32 Å². The molecule has 0 aliphatic heterocycles. The molecular formula is C15H30N2O2. The number of ether oxygens (including phenoxy) is 1. The van der Waals surface area contributed by atoms with Gasteiger partial charge in [-0.15, -0.1) is 0 Å². The normalized spacial score (nSPS) is 20.9. The summed E-state index contributed by atoms with van der Waals surface area (Å²) in [6.07, 6.45) is 7.82. The van der Waals surface area contributed by atoms with E-state index in [9.17, 15) is 4.79 Å². The third-order valence-electron chi connectivity index (χ3n) is 4.29. The number of carbonyl (C=O) groups excluding carboxylic acids is 1. The fourth-order valence-corrected chi connectivity index (χ4v) is 2.86. The first kappa shape index (κ1) is 16.4. The lowest BCUT2D eigenvalue weighted by molar-refractivity contribution is -0.151. The summed E-state index contributed by atoms with van der Waals surface area (Å²) in [4.78, 5) is 14.4. The fraction of sp³-hybridized carbons (Fsp3) is 0.933. The summed E-state index contributed by atoms with van der Waals surface area (Å²) >= 11 is 0. The molecule has 112 valence electrons. The number of carbonyl (C=O) groups is 1. The first-order valence-corrected chi connectivity index (χ1v) is 7.60. The van der Waals surface area contributed by atoms with Crippen molar-refractivity contribution in [3.63, 3.8) is 0 Å². The Kier molecular flexibility index (Phi) is 6.80. The Morgan fingerprint density at radius 3 is 2.37 bits per heavy atom. The first-order valence-electron chi connectivity index (χ1n) is 7.60. The van der Waals surface area contributed by atoms with Gasteiger partial charge in [0.05, 0.1) is 6.61 Å². The maximum absolute atomic E-state index is 12.1. The van der Waals surface area contributed by atoms with Gasteiger partial charge in [0.1, 0.15) is 5.54 Å². The van der Waals surface area contributed by atoms with E-state index in [0.717, 1.165) is 0 Å². The van der Waals surface area contributed by atoms with Crippen LogP contribution in [0, 0.1) is 0 Å². The van der Waals surface area contributed by atoms with E-state index < -0.39 is 5.54 Å². The molecule has 0 saturated heterocycles. The van der Waals surface area contributed by atoms with Gasteiger partial charge in [0.15, 0.2) is 0 Å². The van der Waals surface area contributed by atoms with Crippen molar-refractivity contribution in [2.24, 2.45) is 0 Å². The maximum atomic E-state index is 12.1. The largest absolute Gasteiger partial charge is 0.465 e. The zero-order valence-electron chi connectivity index (χ0n) is 13.0. The number of esters is 1. The van der Waals surface area contributed by atoms with Crippen LogP contribution in [0.15, 0.2) is 0 Å². The van der Waals surface area contributed by atoms with Gasteiger partial charge >= 0.3 is 5.97 Å². The Bertz CT molecular complexity index is 275. The number of hydrogen-bond donors (Lipinski definition) is 1. The summed E-state index contributed by atoms with van der Waals surface area (Å²) in [5.74, 6) is -0.155. The number of hydrogen-bond acceptors (Lipinski definition) is 4. The summed E-state index contributed by atoms with van der Waals surface area (Å²) in [5, 5.41) is 3.13. The van der Waals surface area contributed by atoms with E-state index >= 15 is 0 Å². The van der Waals surface area contributed by atoms with Crippen LogP contribution in [0.2, 0.25) is 0 Å². The Hall–Kier alpha value is -0.610. The molecule has 0 spiro atoms. The quantitative estimate of drug-likeness (QED) is 0.593. The van der Waals surface area contributed by atoms with Crippen LogP contribution in [0.3, 0.4) is 0 Å². The van der Waals surface area contributed by atoms with Crippen molar-refractivity contribution in [2.45, 2.75) is 64.0 Å². The zero-order chi connectivity index (χ0) is 14.3. The predicted octanol–water partition coefficient (Wildman–Crippen LogP) is 2.18. The Morgan fingerprint density at radius 1 is 1.32 bits per heavy atom. The molecule has 4 nitrogen and oxygen atoms in total. The molecule has 0 aromatic heterocycles. The van der Waals surface area contributed by atoms with Crippen molar-refractivity contribution in [2.75, 3.05) is 27.2 Å². The number of likely N-dealkylation sites (N-methyl/N-ethyl adjacent to an activating group) is 2. The molecule has 0 aromatic rings. The molecule has 1 aliphatic rings. The third-order valence-corrected chi connectivity index (χ3v) is 4.29. The SMILES string of the molecule is CCOC(=O)C(C)(CN(C)C1CCCCCC1)NC. The summed E-state index contributed by atoms with van der Waals surface area (Å²) in [6.45, 7) is 4.91. The molecule has 19 heavy (non-hydrogen) atoms. The maximum Gasteiger partial charge on any atom is 0.327 e. The van der Waals surface area contributed by atoms with Gasteiger partial charge in [-0.05, 0) is 40.8 Å². The molecule has 1 fully saturated rings. The van der Waals surface area contributed by atoms with Crippen molar-refractivity contribution < 1.29 is 9.53 Å². The molecule has 0 aromatic carbocycles. The first-order chi connectivity index (χ1) is 9.03. The molecule has 1 atom stereocenters. The van der Waals surface area contributed by atoms with Crippen molar-refractivity contribution in [3.05, 3.63) is 0 Å². The lowest BCUT2D eigenvalue weighted by atomic mass is 9.99. The second-order valence-electron chi connectivity index (χ2n) is 5.86. The van der Waals surface area contributed by atoms with Crippen LogP contribution in [-0.2, 0) is 9.53 Å². The van der Waals surface area contributed by atoms with Gasteiger partial charge in [-0.2, -0.15) is 0 Å². The van der Waals surface area contributed by atoms with Crippen molar-refractivity contribution >= 4 is 5.97 Å². The van der Waals surface area contributed by atoms with Crippen LogP contribution in [-0.4, -0.2) is 49.7 Å². The molecule has 1 N–H and O–H groups in total. The molecule has 0 radical (unpaired) electrons. The fourth-order valence-electron chi connectivity index (χ4n) is 2.86. The van der Waals surface area contributed by atoms with E-state index in [1.807, 2.05) is 20.9 Å². The lowest BCUT2D eigenvalue weighted by Gasteiger charge is -2.35. The smallest absolute Gasteiger partial charge is 0.327 e. The van der Waals surface area contributed by atoms with E-state index in [4.69, 9.17) is 4.74 Å². The van der Waals surface area contributed by atoms with Gasteiger partial charge in [-0.1, -0.05) is 25.7 Å². The molecule has 1 unspecified atom stereocenters. The average Bonchev–Trinajstić information content (AvgIpc) is 2.67. The van der Waals surface area contributed by atoms with Crippen molar-refractivity contribution in [1.82, 2.24) is 10.2 Å². The molecule has 1 aliphatic carbocycles. The topological polar surface area (TPSA) is 41.6 Å². The summed E-state index contributed by atoms with van der Waals surface area (Å²) in [6, 6.07) is 0.601. The second kappa shape index (κ2) is 7.85. The minimum absolute atomic E-state index is 0.155. The molecule has 1 saturated carbocycles. The third kappa shape index (κ3) is 4.77. The highest BCUT2D eigenvalue weighted by atomic mass is 16.5. The highest BCUT2D eigenvalue weighted by Crippen LogP contribution is 2.22. The van der Waals surface area contributed by atoms with E-state index in [0.29, 0.717) is 19.2 Å². The standard InChI is InChI=1S/C15H30N2O2/c1-5-19-14(18)15(2,16-3)12-17(4)13-10-8-6-7-9-11-13/h13,16H,5-12H2,1-4H3. The molecular weight excluding hydrogens is 240 g/mol. The Balaban J connectivity index is 2.60. The molecule has 4 heteroatoms. The van der Waals surface area contributed by atoms with Crippen molar-refractivity contribution in [1.29, 1.82) is 0 Å². The summed E-state index contributed by atoms with van der Waals surface area (Å²) < 4.78 is 5.18. The van der Waals surface area contributed by atoms with Gasteiger partial charge < -0.3 is 15.0 Å². The van der Waals surface area contributed by atoms with Gasteiger partial charge in [-0.25, -0.2) is 0 Å². The Labute approximate surface area is 117 Å². The van der Waals surface area contributed by atoms with E-state index in [1.165, 1.54) is 38.5 Å². The van der Waals surface area contributed by atoms with Crippen LogP contribution in [0.1, 0.15) is 52.4 Å². The number of nitrogens with one attached hydrogen (secondary N) is 1. The zero-order valence-corrected chi connectivity index (χ0v) is 13.0. The lowest BCUT2D eigenvalue weighted by Crippen LogP contribution is -2.57. The van der Waals surface area contributed by atoms with Gasteiger partial charge in [-0.3, -0.25) is 4.79 Å². The van der Waals surface area contributed by atoms with E-state index in [-0.39, 0.29) is 5.97 Å². The monoisotopic (exact) mass is 270 g/mol. The number of rotatable bonds is 6. The highest BCUT2D eigenvalue weighted by Gasteiger charge is 2.35. The van der Waals surface area contributed by atoms with Gasteiger partial charge in [0.2, 0.25) is 0 Å². The predicted molar refractivity (Wildman–Crippen MR) is 78.2 cm³/mol. The van der Waals surface area contributed by atoms with Crippen LogP contribution in [0.5, 0.6) is 0 Å². The molecule has 1 rings (SSSR count). The summed E-state index contributed by atoms with van der Waals surface area (Å²) in [5.41, 5.74) is -0.614. The minimum Gasteiger partial charge on any atom is -0.465 e. The molecule has 0 bridgehead atoms. The average molecular weight is 270 g/mol. The van der Waals surface area contributed by atoms with Gasteiger partial charge in [0, 0.05) is 12.6 Å². The van der Waals surface area contributed by atoms with Crippen LogP contribution >= 0.6 is 0 Å². The van der Waals surface area contributed by atoms with E-state index in [2.05, 4.69) is 17.3 Å². The van der Waals surface area contributed by atoms with E-state index in [1.54, 1.807) is 0 Å². The minimum atomic E-state index is -0.614.